The van der Waals surface area contributed by atoms with Crippen molar-refractivity contribution in [3.05, 3.63) is 68.8 Å². The highest BCUT2D eigenvalue weighted by Crippen LogP contribution is 2.40. The Balaban J connectivity index is 1.87. The van der Waals surface area contributed by atoms with Crippen molar-refractivity contribution in [1.29, 1.82) is 0 Å². The lowest BCUT2D eigenvalue weighted by Gasteiger charge is -2.33. The summed E-state index contributed by atoms with van der Waals surface area (Å²) < 4.78 is 0. The third-order valence-electron chi connectivity index (χ3n) is 9.32. The molecule has 0 spiro atoms. The first-order valence-electron chi connectivity index (χ1n) is 15.8. The number of hydrogen-bond acceptors (Lipinski definition) is 3. The van der Waals surface area contributed by atoms with Crippen molar-refractivity contribution in [3.8, 4) is 0 Å². The zero-order valence-electron chi connectivity index (χ0n) is 26.4. The van der Waals surface area contributed by atoms with E-state index in [2.05, 4.69) is 72.7 Å². The number of carbonyl (C=O) groups is 3. The second kappa shape index (κ2) is 14.4. The third kappa shape index (κ3) is 7.59. The molecule has 40 heavy (non-hydrogen) atoms. The Morgan fingerprint density at radius 3 is 2.27 bits per heavy atom. The van der Waals surface area contributed by atoms with Gasteiger partial charge in [0.1, 0.15) is 11.6 Å². The number of hydrogen-bond donors (Lipinski definition) is 0. The van der Waals surface area contributed by atoms with Crippen LogP contribution in [0, 0.1) is 31.6 Å². The molecule has 0 aliphatic heterocycles. The smallest absolute Gasteiger partial charge is 0.163 e. The summed E-state index contributed by atoms with van der Waals surface area (Å²) >= 11 is 0. The first kappa shape index (κ1) is 32.0. The van der Waals surface area contributed by atoms with Crippen LogP contribution in [0.4, 0.5) is 0 Å². The molecule has 0 aromatic heterocycles. The fraction of sp³-hybridized carbons (Fsp3) is 0.595. The van der Waals surface area contributed by atoms with Crippen LogP contribution in [0.15, 0.2) is 24.3 Å². The Hall–Kier alpha value is -2.55. The molecule has 0 fully saturated rings. The molecule has 0 bridgehead atoms. The summed E-state index contributed by atoms with van der Waals surface area (Å²) in [5, 5.41) is 0. The number of rotatable bonds is 14. The van der Waals surface area contributed by atoms with Gasteiger partial charge in [0.2, 0.25) is 0 Å². The van der Waals surface area contributed by atoms with E-state index in [9.17, 15) is 14.4 Å². The SMILES string of the molecule is CCCC(CC1CC(=O)c2c(C)c(CCc3ccc(CC)c(C)c3)cc(C(C)C)c2C1)C(CC)C(=O)CC(C)=O. The van der Waals surface area contributed by atoms with E-state index < -0.39 is 0 Å². The van der Waals surface area contributed by atoms with Gasteiger partial charge in [-0.05, 0) is 116 Å². The van der Waals surface area contributed by atoms with E-state index in [1.165, 1.54) is 40.3 Å². The van der Waals surface area contributed by atoms with Crippen molar-refractivity contribution in [2.24, 2.45) is 17.8 Å². The van der Waals surface area contributed by atoms with Gasteiger partial charge in [-0.3, -0.25) is 14.4 Å². The van der Waals surface area contributed by atoms with Crippen LogP contribution in [-0.2, 0) is 35.3 Å². The van der Waals surface area contributed by atoms with E-state index in [0.717, 1.165) is 62.5 Å². The highest BCUT2D eigenvalue weighted by molar-refractivity contribution is 6.01. The summed E-state index contributed by atoms with van der Waals surface area (Å²) in [4.78, 5) is 38.4. The summed E-state index contributed by atoms with van der Waals surface area (Å²) in [5.74, 6) is 1.03. The molecule has 2 aromatic rings. The predicted octanol–water partition coefficient (Wildman–Crippen LogP) is 8.90. The summed E-state index contributed by atoms with van der Waals surface area (Å²) in [6.45, 7) is 16.8. The maximum Gasteiger partial charge on any atom is 0.163 e. The fourth-order valence-electron chi connectivity index (χ4n) is 7.25. The van der Waals surface area contributed by atoms with Crippen LogP contribution < -0.4 is 0 Å². The second-order valence-corrected chi connectivity index (χ2v) is 12.7. The highest BCUT2D eigenvalue weighted by Gasteiger charge is 2.34. The van der Waals surface area contributed by atoms with Crippen molar-refractivity contribution in [2.45, 2.75) is 126 Å². The molecule has 0 radical (unpaired) electrons. The zero-order chi connectivity index (χ0) is 29.6. The topological polar surface area (TPSA) is 51.2 Å². The van der Waals surface area contributed by atoms with Gasteiger partial charge >= 0.3 is 0 Å². The molecule has 218 valence electrons. The van der Waals surface area contributed by atoms with Gasteiger partial charge in [-0.1, -0.05) is 71.7 Å². The van der Waals surface area contributed by atoms with Crippen molar-refractivity contribution < 1.29 is 14.4 Å². The number of aryl methyl sites for hydroxylation is 4. The first-order chi connectivity index (χ1) is 19.0. The largest absolute Gasteiger partial charge is 0.300 e. The number of ketones is 3. The standard InChI is InChI=1S/C37H52O3/c1-9-12-31(32(11-3)35(39)18-25(7)38)19-28-20-34-33(23(4)5)22-30(26(8)37(34)36(40)21-28)16-14-27-13-15-29(10-2)24(6)17-27/h13,15,17,22-23,28,31-32H,9-12,14,16,18-21H2,1-8H3. The molecular formula is C37H52O3. The van der Waals surface area contributed by atoms with Gasteiger partial charge in [0.25, 0.3) is 0 Å². The zero-order valence-corrected chi connectivity index (χ0v) is 26.4. The summed E-state index contributed by atoms with van der Waals surface area (Å²) in [6, 6.07) is 9.23. The van der Waals surface area contributed by atoms with Gasteiger partial charge in [0.15, 0.2) is 5.78 Å². The summed E-state index contributed by atoms with van der Waals surface area (Å²) in [7, 11) is 0. The third-order valence-corrected chi connectivity index (χ3v) is 9.32. The average Bonchev–Trinajstić information content (AvgIpc) is 2.88. The fourth-order valence-corrected chi connectivity index (χ4v) is 7.25. The van der Waals surface area contributed by atoms with Gasteiger partial charge < -0.3 is 0 Å². The summed E-state index contributed by atoms with van der Waals surface area (Å²) in [5.41, 5.74) is 10.1. The van der Waals surface area contributed by atoms with Gasteiger partial charge in [0, 0.05) is 17.9 Å². The van der Waals surface area contributed by atoms with Crippen molar-refractivity contribution >= 4 is 17.3 Å². The normalized spacial score (nSPS) is 16.6. The van der Waals surface area contributed by atoms with Crippen LogP contribution in [0.2, 0.25) is 0 Å². The molecule has 3 nitrogen and oxygen atoms in total. The van der Waals surface area contributed by atoms with E-state index in [1.54, 1.807) is 0 Å². The molecule has 1 aliphatic rings. The quantitative estimate of drug-likeness (QED) is 0.223. The van der Waals surface area contributed by atoms with E-state index in [-0.39, 0.29) is 41.5 Å². The molecule has 0 heterocycles. The molecule has 3 unspecified atom stereocenters. The van der Waals surface area contributed by atoms with Crippen LogP contribution >= 0.6 is 0 Å². The average molecular weight is 545 g/mol. The molecule has 3 heteroatoms. The number of benzene rings is 2. The van der Waals surface area contributed by atoms with Gasteiger partial charge in [-0.25, -0.2) is 0 Å². The lowest BCUT2D eigenvalue weighted by molar-refractivity contribution is -0.129. The Morgan fingerprint density at radius 2 is 1.70 bits per heavy atom. The van der Waals surface area contributed by atoms with Crippen LogP contribution in [0.5, 0.6) is 0 Å². The van der Waals surface area contributed by atoms with E-state index in [1.807, 2.05) is 0 Å². The Morgan fingerprint density at radius 1 is 0.975 bits per heavy atom. The van der Waals surface area contributed by atoms with E-state index in [4.69, 9.17) is 0 Å². The monoisotopic (exact) mass is 544 g/mol. The molecular weight excluding hydrogens is 492 g/mol. The maximum absolute atomic E-state index is 13.8. The van der Waals surface area contributed by atoms with Crippen LogP contribution in [0.1, 0.15) is 135 Å². The van der Waals surface area contributed by atoms with Gasteiger partial charge in [-0.15, -0.1) is 0 Å². The van der Waals surface area contributed by atoms with Gasteiger partial charge in [-0.2, -0.15) is 0 Å². The molecule has 0 amide bonds. The van der Waals surface area contributed by atoms with Crippen molar-refractivity contribution in [1.82, 2.24) is 0 Å². The molecule has 0 saturated carbocycles. The number of fused-ring (bicyclic) bond motifs is 1. The molecule has 3 rings (SSSR count). The molecule has 3 atom stereocenters. The first-order valence-corrected chi connectivity index (χ1v) is 15.8. The molecule has 0 saturated heterocycles. The van der Waals surface area contributed by atoms with Gasteiger partial charge in [0.05, 0.1) is 6.42 Å². The predicted molar refractivity (Wildman–Crippen MR) is 166 cm³/mol. The second-order valence-electron chi connectivity index (χ2n) is 12.7. The molecule has 1 aliphatic carbocycles. The minimum Gasteiger partial charge on any atom is -0.300 e. The highest BCUT2D eigenvalue weighted by atomic mass is 16.1. The Kier molecular flexibility index (Phi) is 11.5. The summed E-state index contributed by atoms with van der Waals surface area (Å²) in [6.07, 6.45) is 8.09. The minimum absolute atomic E-state index is 0.0347. The number of carbonyl (C=O) groups excluding carboxylic acids is 3. The van der Waals surface area contributed by atoms with Crippen molar-refractivity contribution in [2.75, 3.05) is 0 Å². The molecule has 0 N–H and O–H groups in total. The Labute approximate surface area is 243 Å². The maximum atomic E-state index is 13.8. The van der Waals surface area contributed by atoms with Crippen LogP contribution in [-0.4, -0.2) is 17.3 Å². The van der Waals surface area contributed by atoms with E-state index in [0.29, 0.717) is 12.3 Å². The van der Waals surface area contributed by atoms with Crippen molar-refractivity contribution in [3.63, 3.8) is 0 Å². The minimum atomic E-state index is -0.0935. The lowest BCUT2D eigenvalue weighted by atomic mass is 9.70. The van der Waals surface area contributed by atoms with Crippen LogP contribution in [0.3, 0.4) is 0 Å². The van der Waals surface area contributed by atoms with Crippen LogP contribution in [0.25, 0.3) is 0 Å². The number of Topliss-reactive ketones (excluding diaryl/α,β-unsaturated/α-hetero) is 3. The lowest BCUT2D eigenvalue weighted by Crippen LogP contribution is -2.30. The molecule has 2 aromatic carbocycles. The Bertz CT molecular complexity index is 1220. The van der Waals surface area contributed by atoms with E-state index >= 15 is 0 Å².